The van der Waals surface area contributed by atoms with E-state index in [2.05, 4.69) is 15.4 Å². The number of aryl methyl sites for hydroxylation is 1. The molecule has 0 saturated carbocycles. The predicted octanol–water partition coefficient (Wildman–Crippen LogP) is 3.67. The first-order valence-electron chi connectivity index (χ1n) is 7.16. The van der Waals surface area contributed by atoms with Gasteiger partial charge in [-0.3, -0.25) is 0 Å². The fourth-order valence-electron chi connectivity index (χ4n) is 2.01. The van der Waals surface area contributed by atoms with Gasteiger partial charge in [0.1, 0.15) is 0 Å². The predicted molar refractivity (Wildman–Crippen MR) is 87.8 cm³/mol. The fourth-order valence-corrected chi connectivity index (χ4v) is 2.85. The summed E-state index contributed by atoms with van der Waals surface area (Å²) in [6, 6.07) is 6.20. The monoisotopic (exact) mass is 356 g/mol. The Hall–Kier alpha value is -2.35. The van der Waals surface area contributed by atoms with E-state index in [0.29, 0.717) is 12.1 Å². The number of carbonyl (C=O) groups is 1. The topological polar surface area (TPSA) is 59.6 Å². The van der Waals surface area contributed by atoms with Gasteiger partial charge in [0, 0.05) is 11.4 Å². The molecule has 0 unspecified atom stereocenters. The van der Waals surface area contributed by atoms with Crippen LogP contribution < -0.4 is 20.1 Å². The molecular formula is C16H18F2N2O3S. The maximum absolute atomic E-state index is 12.3. The van der Waals surface area contributed by atoms with Crippen molar-refractivity contribution in [2.45, 2.75) is 26.6 Å². The molecule has 0 saturated heterocycles. The van der Waals surface area contributed by atoms with Crippen molar-refractivity contribution < 1.29 is 23.0 Å². The third-order valence-corrected chi connectivity index (χ3v) is 4.30. The first kappa shape index (κ1) is 18.0. The van der Waals surface area contributed by atoms with Crippen molar-refractivity contribution in [3.8, 4) is 11.5 Å². The third-order valence-electron chi connectivity index (χ3n) is 3.27. The number of methoxy groups -OCH3 is 1. The van der Waals surface area contributed by atoms with E-state index in [1.54, 1.807) is 23.5 Å². The summed E-state index contributed by atoms with van der Waals surface area (Å²) in [4.78, 5) is 12.9. The molecule has 24 heavy (non-hydrogen) atoms. The SMILES string of the molecule is COc1cc(CNC(=O)NCc2sccc2C)ccc1OC(F)F. The molecule has 8 heteroatoms. The lowest BCUT2D eigenvalue weighted by atomic mass is 10.2. The van der Waals surface area contributed by atoms with Crippen LogP contribution in [0.5, 0.6) is 11.5 Å². The summed E-state index contributed by atoms with van der Waals surface area (Å²) in [5, 5.41) is 7.44. The molecule has 0 spiro atoms. The van der Waals surface area contributed by atoms with Gasteiger partial charge in [0.2, 0.25) is 0 Å². The van der Waals surface area contributed by atoms with Crippen LogP contribution in [-0.2, 0) is 13.1 Å². The van der Waals surface area contributed by atoms with E-state index < -0.39 is 6.61 Å². The first-order chi connectivity index (χ1) is 11.5. The number of hydrogen-bond donors (Lipinski definition) is 2. The number of alkyl halides is 2. The minimum absolute atomic E-state index is 0.0473. The number of carbonyl (C=O) groups excluding carboxylic acids is 1. The molecule has 1 aromatic heterocycles. The zero-order valence-corrected chi connectivity index (χ0v) is 14.1. The van der Waals surface area contributed by atoms with Crippen molar-refractivity contribution >= 4 is 17.4 Å². The Morgan fingerprint density at radius 1 is 1.21 bits per heavy atom. The van der Waals surface area contributed by atoms with E-state index in [0.717, 1.165) is 10.4 Å². The van der Waals surface area contributed by atoms with Crippen molar-refractivity contribution in [3.05, 3.63) is 45.6 Å². The largest absolute Gasteiger partial charge is 0.493 e. The average Bonchev–Trinajstić information content (AvgIpc) is 2.96. The maximum Gasteiger partial charge on any atom is 0.387 e. The summed E-state index contributed by atoms with van der Waals surface area (Å²) in [7, 11) is 1.36. The number of nitrogens with one attached hydrogen (secondary N) is 2. The van der Waals surface area contributed by atoms with Gasteiger partial charge in [-0.1, -0.05) is 6.07 Å². The van der Waals surface area contributed by atoms with Crippen LogP contribution in [0.3, 0.4) is 0 Å². The van der Waals surface area contributed by atoms with Gasteiger partial charge in [0.15, 0.2) is 11.5 Å². The normalized spacial score (nSPS) is 10.5. The Kier molecular flexibility index (Phi) is 6.36. The Bertz CT molecular complexity index is 692. The standard InChI is InChI=1S/C16H18F2N2O3S/c1-10-5-6-24-14(10)9-20-16(21)19-8-11-3-4-12(23-15(17)18)13(7-11)22-2/h3-7,15H,8-9H2,1-2H3,(H2,19,20,21). The molecule has 0 atom stereocenters. The molecule has 1 heterocycles. The molecular weight excluding hydrogens is 338 g/mol. The molecule has 0 aliphatic heterocycles. The van der Waals surface area contributed by atoms with Gasteiger partial charge in [-0.05, 0) is 41.6 Å². The molecule has 2 amide bonds. The Morgan fingerprint density at radius 2 is 1.96 bits per heavy atom. The van der Waals surface area contributed by atoms with Gasteiger partial charge in [-0.2, -0.15) is 8.78 Å². The molecule has 0 fully saturated rings. The number of rotatable bonds is 7. The summed E-state index contributed by atoms with van der Waals surface area (Å²) >= 11 is 1.58. The van der Waals surface area contributed by atoms with E-state index in [1.807, 2.05) is 18.4 Å². The Morgan fingerprint density at radius 3 is 2.58 bits per heavy atom. The van der Waals surface area contributed by atoms with Gasteiger partial charge < -0.3 is 20.1 Å². The van der Waals surface area contributed by atoms with Crippen LogP contribution in [0, 0.1) is 6.92 Å². The van der Waals surface area contributed by atoms with E-state index in [4.69, 9.17) is 4.74 Å². The Balaban J connectivity index is 1.87. The molecule has 0 aliphatic rings. The van der Waals surface area contributed by atoms with Gasteiger partial charge >= 0.3 is 12.6 Å². The molecule has 130 valence electrons. The summed E-state index contributed by atoms with van der Waals surface area (Å²) in [6.07, 6.45) is 0. The quantitative estimate of drug-likeness (QED) is 0.796. The van der Waals surface area contributed by atoms with Gasteiger partial charge in [0.05, 0.1) is 13.7 Å². The number of ether oxygens (including phenoxy) is 2. The Labute approximate surface area is 142 Å². The number of halogens is 2. The molecule has 2 rings (SSSR count). The maximum atomic E-state index is 12.3. The first-order valence-corrected chi connectivity index (χ1v) is 8.04. The molecule has 2 aromatic rings. The van der Waals surface area contributed by atoms with Gasteiger partial charge in [-0.15, -0.1) is 11.3 Å². The highest BCUT2D eigenvalue weighted by Gasteiger charge is 2.11. The highest BCUT2D eigenvalue weighted by molar-refractivity contribution is 7.10. The second-order valence-electron chi connectivity index (χ2n) is 4.93. The highest BCUT2D eigenvalue weighted by atomic mass is 32.1. The van der Waals surface area contributed by atoms with Crippen molar-refractivity contribution in [1.82, 2.24) is 10.6 Å². The summed E-state index contributed by atoms with van der Waals surface area (Å²) in [5.74, 6) is 0.137. The van der Waals surface area contributed by atoms with E-state index in [-0.39, 0.29) is 24.1 Å². The zero-order chi connectivity index (χ0) is 17.5. The van der Waals surface area contributed by atoms with Crippen LogP contribution in [0.2, 0.25) is 0 Å². The van der Waals surface area contributed by atoms with Crippen LogP contribution >= 0.6 is 11.3 Å². The lowest BCUT2D eigenvalue weighted by molar-refractivity contribution is -0.0512. The van der Waals surface area contributed by atoms with Gasteiger partial charge in [0.25, 0.3) is 0 Å². The van der Waals surface area contributed by atoms with Crippen LogP contribution in [0.15, 0.2) is 29.6 Å². The molecule has 0 aliphatic carbocycles. The van der Waals surface area contributed by atoms with Crippen LogP contribution in [0.4, 0.5) is 13.6 Å². The smallest absolute Gasteiger partial charge is 0.387 e. The van der Waals surface area contributed by atoms with Crippen molar-refractivity contribution in [3.63, 3.8) is 0 Å². The minimum Gasteiger partial charge on any atom is -0.493 e. The average molecular weight is 356 g/mol. The lowest BCUT2D eigenvalue weighted by Crippen LogP contribution is -2.34. The van der Waals surface area contributed by atoms with Crippen molar-refractivity contribution in [2.75, 3.05) is 7.11 Å². The van der Waals surface area contributed by atoms with E-state index in [1.165, 1.54) is 13.2 Å². The fraction of sp³-hybridized carbons (Fsp3) is 0.312. The number of urea groups is 1. The molecule has 0 radical (unpaired) electrons. The molecule has 1 aromatic carbocycles. The third kappa shape index (κ3) is 5.09. The number of thiophene rings is 1. The highest BCUT2D eigenvalue weighted by Crippen LogP contribution is 2.29. The van der Waals surface area contributed by atoms with Crippen LogP contribution in [0.1, 0.15) is 16.0 Å². The van der Waals surface area contributed by atoms with Crippen LogP contribution in [-0.4, -0.2) is 19.8 Å². The second-order valence-corrected chi connectivity index (χ2v) is 5.93. The summed E-state index contributed by atoms with van der Waals surface area (Å²) < 4.78 is 33.9. The van der Waals surface area contributed by atoms with Crippen molar-refractivity contribution in [2.24, 2.45) is 0 Å². The number of benzene rings is 1. The molecule has 2 N–H and O–H groups in total. The summed E-state index contributed by atoms with van der Waals surface area (Å²) in [6.45, 7) is -0.240. The lowest BCUT2D eigenvalue weighted by Gasteiger charge is -2.12. The number of hydrogen-bond acceptors (Lipinski definition) is 4. The minimum atomic E-state index is -2.92. The zero-order valence-electron chi connectivity index (χ0n) is 13.3. The summed E-state index contributed by atoms with van der Waals surface area (Å²) in [5.41, 5.74) is 1.84. The van der Waals surface area contributed by atoms with Crippen LogP contribution in [0.25, 0.3) is 0 Å². The van der Waals surface area contributed by atoms with Crippen molar-refractivity contribution in [1.29, 1.82) is 0 Å². The number of amides is 2. The molecule has 0 bridgehead atoms. The second kappa shape index (κ2) is 8.49. The molecule has 5 nitrogen and oxygen atoms in total. The van der Waals surface area contributed by atoms with E-state index in [9.17, 15) is 13.6 Å². The van der Waals surface area contributed by atoms with E-state index >= 15 is 0 Å². The van der Waals surface area contributed by atoms with Gasteiger partial charge in [-0.25, -0.2) is 4.79 Å².